The van der Waals surface area contributed by atoms with Crippen LogP contribution < -0.4 is 10.5 Å². The summed E-state index contributed by atoms with van der Waals surface area (Å²) in [6.45, 7) is 0.158. The Morgan fingerprint density at radius 3 is 2.86 bits per heavy atom. The van der Waals surface area contributed by atoms with Crippen LogP contribution in [0.3, 0.4) is 0 Å². The Bertz CT molecular complexity index is 746. The SMILES string of the molecule is NC(=S)c1ccc(Cl)c(S(=O)(=O)NCCc2ncn[nH]2)c1. The van der Waals surface area contributed by atoms with E-state index < -0.39 is 10.0 Å². The van der Waals surface area contributed by atoms with Crippen LogP contribution in [0.2, 0.25) is 5.02 Å². The second-order valence-corrected chi connectivity index (χ2v) is 6.67. The summed E-state index contributed by atoms with van der Waals surface area (Å²) in [5, 5.41) is 6.42. The Hall–Kier alpha value is -1.55. The summed E-state index contributed by atoms with van der Waals surface area (Å²) in [7, 11) is -3.76. The molecular formula is C11H12ClN5O2S2. The van der Waals surface area contributed by atoms with Crippen LogP contribution in [-0.2, 0) is 16.4 Å². The number of nitrogens with two attached hydrogens (primary N) is 1. The second-order valence-electron chi connectivity index (χ2n) is 4.09. The first-order chi connectivity index (χ1) is 9.90. The summed E-state index contributed by atoms with van der Waals surface area (Å²) >= 11 is 10.8. The minimum absolute atomic E-state index is 0.0629. The normalized spacial score (nSPS) is 11.5. The fourth-order valence-corrected chi connectivity index (χ4v) is 3.28. The lowest BCUT2D eigenvalue weighted by Gasteiger charge is -2.09. The van der Waals surface area contributed by atoms with Crippen molar-refractivity contribution in [3.05, 3.63) is 40.9 Å². The summed E-state index contributed by atoms with van der Waals surface area (Å²) in [4.78, 5) is 3.94. The Balaban J connectivity index is 2.15. The maximum atomic E-state index is 12.2. The van der Waals surface area contributed by atoms with Crippen LogP contribution in [0.4, 0.5) is 0 Å². The molecule has 0 radical (unpaired) electrons. The van der Waals surface area contributed by atoms with E-state index in [1.165, 1.54) is 18.5 Å². The zero-order valence-corrected chi connectivity index (χ0v) is 13.1. The van der Waals surface area contributed by atoms with Gasteiger partial charge in [-0.15, -0.1) is 0 Å². The van der Waals surface area contributed by atoms with Crippen molar-refractivity contribution in [3.63, 3.8) is 0 Å². The number of aromatic nitrogens is 3. The van der Waals surface area contributed by atoms with Crippen LogP contribution in [0.1, 0.15) is 11.4 Å². The van der Waals surface area contributed by atoms with Crippen LogP contribution in [-0.4, -0.2) is 35.1 Å². The number of nitrogens with one attached hydrogen (secondary N) is 2. The molecule has 112 valence electrons. The first kappa shape index (κ1) is 15.8. The highest BCUT2D eigenvalue weighted by Crippen LogP contribution is 2.22. The topological polar surface area (TPSA) is 114 Å². The summed E-state index contributed by atoms with van der Waals surface area (Å²) in [6.07, 6.45) is 1.73. The van der Waals surface area contributed by atoms with E-state index in [1.807, 2.05) is 0 Å². The maximum absolute atomic E-state index is 12.2. The average Bonchev–Trinajstić information content (AvgIpc) is 2.91. The van der Waals surface area contributed by atoms with Crippen molar-refractivity contribution >= 4 is 38.8 Å². The molecule has 0 saturated carbocycles. The van der Waals surface area contributed by atoms with Gasteiger partial charge in [0, 0.05) is 18.5 Å². The molecular weight excluding hydrogens is 334 g/mol. The number of sulfonamides is 1. The van der Waals surface area contributed by atoms with E-state index in [2.05, 4.69) is 19.9 Å². The Morgan fingerprint density at radius 2 is 2.24 bits per heavy atom. The molecule has 0 unspecified atom stereocenters. The molecule has 2 rings (SSSR count). The minimum Gasteiger partial charge on any atom is -0.389 e. The molecule has 10 heteroatoms. The van der Waals surface area contributed by atoms with Gasteiger partial charge in [0.05, 0.1) is 5.02 Å². The summed E-state index contributed by atoms with van der Waals surface area (Å²) in [5.41, 5.74) is 5.93. The van der Waals surface area contributed by atoms with Crippen molar-refractivity contribution in [2.75, 3.05) is 6.54 Å². The summed E-state index contributed by atoms with van der Waals surface area (Å²) in [5.74, 6) is 0.584. The fourth-order valence-electron chi connectivity index (χ4n) is 1.60. The van der Waals surface area contributed by atoms with Gasteiger partial charge < -0.3 is 5.73 Å². The monoisotopic (exact) mass is 345 g/mol. The summed E-state index contributed by atoms with van der Waals surface area (Å²) < 4.78 is 26.9. The zero-order chi connectivity index (χ0) is 15.5. The molecule has 0 aliphatic heterocycles. The highest BCUT2D eigenvalue weighted by atomic mass is 35.5. The first-order valence-corrected chi connectivity index (χ1v) is 8.10. The van der Waals surface area contributed by atoms with E-state index in [0.29, 0.717) is 17.8 Å². The van der Waals surface area contributed by atoms with E-state index in [9.17, 15) is 8.42 Å². The predicted octanol–water partition coefficient (Wildman–Crippen LogP) is 0.613. The van der Waals surface area contributed by atoms with Gasteiger partial charge in [-0.2, -0.15) is 5.10 Å². The van der Waals surface area contributed by atoms with Gasteiger partial charge in [0.2, 0.25) is 10.0 Å². The number of halogens is 1. The van der Waals surface area contributed by atoms with E-state index in [0.717, 1.165) is 0 Å². The Kier molecular flexibility index (Phi) is 4.88. The predicted molar refractivity (Wildman–Crippen MR) is 82.6 cm³/mol. The number of rotatable bonds is 6. The third kappa shape index (κ3) is 3.97. The molecule has 0 spiro atoms. The number of thiocarbonyl (C=S) groups is 1. The number of hydrogen-bond donors (Lipinski definition) is 3. The van der Waals surface area contributed by atoms with Crippen molar-refractivity contribution < 1.29 is 8.42 Å². The van der Waals surface area contributed by atoms with Crippen LogP contribution in [0.15, 0.2) is 29.4 Å². The smallest absolute Gasteiger partial charge is 0.242 e. The molecule has 0 fully saturated rings. The quantitative estimate of drug-likeness (QED) is 0.661. The molecule has 2 aromatic rings. The van der Waals surface area contributed by atoms with Gasteiger partial charge in [-0.25, -0.2) is 18.1 Å². The van der Waals surface area contributed by atoms with E-state index >= 15 is 0 Å². The van der Waals surface area contributed by atoms with Gasteiger partial charge in [0.1, 0.15) is 22.0 Å². The molecule has 0 bridgehead atoms. The fraction of sp³-hybridized carbons (Fsp3) is 0.182. The molecule has 0 aliphatic rings. The van der Waals surface area contributed by atoms with E-state index in [4.69, 9.17) is 29.6 Å². The summed E-state index contributed by atoms with van der Waals surface area (Å²) in [6, 6.07) is 4.36. The van der Waals surface area contributed by atoms with Crippen molar-refractivity contribution in [1.29, 1.82) is 0 Å². The maximum Gasteiger partial charge on any atom is 0.242 e. The van der Waals surface area contributed by atoms with Crippen LogP contribution in [0.5, 0.6) is 0 Å². The average molecular weight is 346 g/mol. The van der Waals surface area contributed by atoms with Gasteiger partial charge >= 0.3 is 0 Å². The number of nitrogens with zero attached hydrogens (tertiary/aromatic N) is 2. The van der Waals surface area contributed by atoms with Gasteiger partial charge in [-0.1, -0.05) is 29.9 Å². The van der Waals surface area contributed by atoms with Gasteiger partial charge in [0.15, 0.2) is 0 Å². The number of aromatic amines is 1. The zero-order valence-electron chi connectivity index (χ0n) is 10.7. The van der Waals surface area contributed by atoms with Crippen molar-refractivity contribution in [3.8, 4) is 0 Å². The Labute approximate surface area is 132 Å². The highest BCUT2D eigenvalue weighted by Gasteiger charge is 2.18. The van der Waals surface area contributed by atoms with E-state index in [-0.39, 0.29) is 21.5 Å². The van der Waals surface area contributed by atoms with Crippen LogP contribution in [0.25, 0.3) is 0 Å². The molecule has 1 aromatic heterocycles. The number of benzene rings is 1. The van der Waals surface area contributed by atoms with Gasteiger partial charge in [0.25, 0.3) is 0 Å². The van der Waals surface area contributed by atoms with Crippen molar-refractivity contribution in [1.82, 2.24) is 19.9 Å². The lowest BCUT2D eigenvalue weighted by Crippen LogP contribution is -2.27. The highest BCUT2D eigenvalue weighted by molar-refractivity contribution is 7.89. The van der Waals surface area contributed by atoms with E-state index in [1.54, 1.807) is 6.07 Å². The lowest BCUT2D eigenvalue weighted by molar-refractivity contribution is 0.581. The van der Waals surface area contributed by atoms with Gasteiger partial charge in [-0.3, -0.25) is 5.10 Å². The molecule has 4 N–H and O–H groups in total. The molecule has 0 atom stereocenters. The molecule has 1 heterocycles. The Morgan fingerprint density at radius 1 is 1.48 bits per heavy atom. The molecule has 21 heavy (non-hydrogen) atoms. The second kappa shape index (κ2) is 6.48. The molecule has 1 aromatic carbocycles. The van der Waals surface area contributed by atoms with Crippen LogP contribution >= 0.6 is 23.8 Å². The standard InChI is InChI=1S/C11H12ClN5O2S2/c12-8-2-1-7(11(13)20)5-9(8)21(18,19)16-4-3-10-14-6-15-17-10/h1-2,5-6,16H,3-4H2,(H2,13,20)(H,14,15,17). The molecule has 0 amide bonds. The third-order valence-electron chi connectivity index (χ3n) is 2.62. The minimum atomic E-state index is -3.76. The molecule has 0 aliphatic carbocycles. The largest absolute Gasteiger partial charge is 0.389 e. The molecule has 7 nitrogen and oxygen atoms in total. The van der Waals surface area contributed by atoms with Crippen LogP contribution in [0, 0.1) is 0 Å². The van der Waals surface area contributed by atoms with Crippen molar-refractivity contribution in [2.45, 2.75) is 11.3 Å². The molecule has 0 saturated heterocycles. The number of hydrogen-bond acceptors (Lipinski definition) is 5. The van der Waals surface area contributed by atoms with Crippen molar-refractivity contribution in [2.24, 2.45) is 5.73 Å². The number of H-pyrrole nitrogens is 1. The van der Waals surface area contributed by atoms with Gasteiger partial charge in [-0.05, 0) is 12.1 Å². The third-order valence-corrected chi connectivity index (χ3v) is 4.80. The lowest BCUT2D eigenvalue weighted by atomic mass is 10.2. The first-order valence-electron chi connectivity index (χ1n) is 5.83.